The van der Waals surface area contributed by atoms with Crippen molar-refractivity contribution in [2.45, 2.75) is 65.4 Å². The van der Waals surface area contributed by atoms with Crippen molar-refractivity contribution in [3.8, 4) is 0 Å². The van der Waals surface area contributed by atoms with E-state index in [0.717, 1.165) is 0 Å². The molecule has 0 spiro atoms. The molecule has 0 saturated carbocycles. The van der Waals surface area contributed by atoms with Crippen LogP contribution in [0.1, 0.15) is 59.3 Å². The lowest BCUT2D eigenvalue weighted by atomic mass is 9.94. The zero-order valence-corrected chi connectivity index (χ0v) is 11.6. The van der Waals surface area contributed by atoms with Gasteiger partial charge in [-0.05, 0) is 26.2 Å². The molecular weight excluding hydrogens is 232 g/mol. The van der Waals surface area contributed by atoms with Gasteiger partial charge in [-0.3, -0.25) is 14.4 Å². The highest BCUT2D eigenvalue weighted by Gasteiger charge is 2.18. The average molecular weight is 256 g/mol. The van der Waals surface area contributed by atoms with Crippen molar-refractivity contribution < 1.29 is 19.5 Å². The number of ketones is 3. The molecule has 4 nitrogen and oxygen atoms in total. The smallest absolute Gasteiger partial charge is 0.143 e. The van der Waals surface area contributed by atoms with Crippen molar-refractivity contribution in [1.29, 1.82) is 0 Å². The van der Waals surface area contributed by atoms with Crippen LogP contribution in [0.15, 0.2) is 0 Å². The third-order valence-corrected chi connectivity index (χ3v) is 2.97. The lowest BCUT2D eigenvalue weighted by Crippen LogP contribution is -2.18. The molecule has 0 bridgehead atoms. The van der Waals surface area contributed by atoms with E-state index in [2.05, 4.69) is 0 Å². The van der Waals surface area contributed by atoms with Crippen LogP contribution in [0.3, 0.4) is 0 Å². The van der Waals surface area contributed by atoms with Gasteiger partial charge in [0.1, 0.15) is 17.3 Å². The number of aliphatic hydroxyl groups excluding tert-OH is 1. The number of Topliss-reactive ketones (excluding diaryl/α,β-unsaturated/α-hetero) is 3. The van der Waals surface area contributed by atoms with Crippen molar-refractivity contribution in [1.82, 2.24) is 0 Å². The van der Waals surface area contributed by atoms with Crippen LogP contribution in [0.4, 0.5) is 0 Å². The van der Waals surface area contributed by atoms with Crippen molar-refractivity contribution in [3.05, 3.63) is 0 Å². The molecule has 0 aliphatic heterocycles. The van der Waals surface area contributed by atoms with E-state index in [0.29, 0.717) is 25.7 Å². The number of aliphatic hydroxyl groups is 1. The summed E-state index contributed by atoms with van der Waals surface area (Å²) in [4.78, 5) is 33.9. The summed E-state index contributed by atoms with van der Waals surface area (Å²) in [6.45, 7) is 4.96. The highest BCUT2D eigenvalue weighted by Crippen LogP contribution is 2.12. The van der Waals surface area contributed by atoms with E-state index < -0.39 is 0 Å². The van der Waals surface area contributed by atoms with E-state index in [1.807, 2.05) is 6.92 Å². The number of hydrogen-bond donors (Lipinski definition) is 1. The highest BCUT2D eigenvalue weighted by molar-refractivity contribution is 6.00. The first-order chi connectivity index (χ1) is 8.36. The van der Waals surface area contributed by atoms with Crippen LogP contribution in [-0.4, -0.2) is 28.6 Å². The molecule has 0 radical (unpaired) electrons. The molecule has 0 saturated heterocycles. The number of carbonyl (C=O) groups is 3. The van der Waals surface area contributed by atoms with Gasteiger partial charge in [-0.25, -0.2) is 0 Å². The maximum absolute atomic E-state index is 11.6. The van der Waals surface area contributed by atoms with Gasteiger partial charge in [0.05, 0.1) is 12.5 Å². The summed E-state index contributed by atoms with van der Waals surface area (Å²) < 4.78 is 0. The summed E-state index contributed by atoms with van der Waals surface area (Å²) in [5, 5.41) is 9.34. The first-order valence-electron chi connectivity index (χ1n) is 6.58. The summed E-state index contributed by atoms with van der Waals surface area (Å²) in [5.41, 5.74) is 0. The molecule has 0 aromatic heterocycles. The van der Waals surface area contributed by atoms with Gasteiger partial charge in [0, 0.05) is 18.8 Å². The Morgan fingerprint density at radius 3 is 2.33 bits per heavy atom. The van der Waals surface area contributed by atoms with E-state index in [1.165, 1.54) is 6.92 Å². The first-order valence-corrected chi connectivity index (χ1v) is 6.58. The quantitative estimate of drug-likeness (QED) is 0.607. The number of rotatable bonds is 10. The van der Waals surface area contributed by atoms with E-state index in [1.54, 1.807) is 6.92 Å². The topological polar surface area (TPSA) is 71.4 Å². The largest absolute Gasteiger partial charge is 0.393 e. The molecule has 18 heavy (non-hydrogen) atoms. The number of hydrogen-bond acceptors (Lipinski definition) is 4. The third kappa shape index (κ3) is 8.12. The molecule has 0 aromatic rings. The van der Waals surface area contributed by atoms with E-state index in [-0.39, 0.29) is 42.2 Å². The lowest BCUT2D eigenvalue weighted by molar-refractivity contribution is -0.131. The Balaban J connectivity index is 3.86. The maximum Gasteiger partial charge on any atom is 0.143 e. The molecule has 104 valence electrons. The minimum atomic E-state index is -0.377. The Labute approximate surface area is 109 Å². The SMILES string of the molecule is CCC(O)CCCC(=O)CC(C)C(=O)CC(C)=O. The molecule has 2 atom stereocenters. The fourth-order valence-electron chi connectivity index (χ4n) is 1.72. The predicted octanol–water partition coefficient (Wildman–Crippen LogP) is 2.07. The Morgan fingerprint density at radius 1 is 1.22 bits per heavy atom. The Kier molecular flexibility index (Phi) is 8.46. The Morgan fingerprint density at radius 2 is 1.83 bits per heavy atom. The molecule has 1 N–H and O–H groups in total. The van der Waals surface area contributed by atoms with E-state index in [9.17, 15) is 19.5 Å². The average Bonchev–Trinajstić information content (AvgIpc) is 2.27. The van der Waals surface area contributed by atoms with Gasteiger partial charge in [-0.15, -0.1) is 0 Å². The lowest BCUT2D eigenvalue weighted by Gasteiger charge is -2.09. The summed E-state index contributed by atoms with van der Waals surface area (Å²) in [7, 11) is 0. The van der Waals surface area contributed by atoms with Gasteiger partial charge in [-0.2, -0.15) is 0 Å². The van der Waals surface area contributed by atoms with Gasteiger partial charge in [0.25, 0.3) is 0 Å². The Bertz CT molecular complexity index is 296. The molecule has 0 heterocycles. The summed E-state index contributed by atoms with van der Waals surface area (Å²) in [6, 6.07) is 0. The normalized spacial score (nSPS) is 14.0. The molecule has 0 amide bonds. The van der Waals surface area contributed by atoms with Crippen LogP contribution in [-0.2, 0) is 14.4 Å². The zero-order valence-electron chi connectivity index (χ0n) is 11.6. The van der Waals surface area contributed by atoms with Crippen molar-refractivity contribution in [2.75, 3.05) is 0 Å². The van der Waals surface area contributed by atoms with Crippen LogP contribution in [0, 0.1) is 5.92 Å². The maximum atomic E-state index is 11.6. The minimum absolute atomic E-state index is 0.0303. The number of carbonyl (C=O) groups excluding carboxylic acids is 3. The molecule has 0 rings (SSSR count). The van der Waals surface area contributed by atoms with Gasteiger partial charge in [0.15, 0.2) is 0 Å². The Hall–Kier alpha value is -1.03. The van der Waals surface area contributed by atoms with Crippen LogP contribution >= 0.6 is 0 Å². The minimum Gasteiger partial charge on any atom is -0.393 e. The second kappa shape index (κ2) is 8.97. The second-order valence-electron chi connectivity index (χ2n) is 4.94. The monoisotopic (exact) mass is 256 g/mol. The third-order valence-electron chi connectivity index (χ3n) is 2.97. The summed E-state index contributed by atoms with van der Waals surface area (Å²) >= 11 is 0. The molecule has 0 fully saturated rings. The molecule has 0 aromatic carbocycles. The standard InChI is InChI=1S/C14H24O4/c1-4-12(16)6-5-7-13(17)8-10(2)14(18)9-11(3)15/h10,12,16H,4-9H2,1-3H3. The van der Waals surface area contributed by atoms with E-state index in [4.69, 9.17) is 0 Å². The van der Waals surface area contributed by atoms with Crippen LogP contribution < -0.4 is 0 Å². The van der Waals surface area contributed by atoms with Crippen LogP contribution in [0.2, 0.25) is 0 Å². The molecular formula is C14H24O4. The first kappa shape index (κ1) is 17.0. The van der Waals surface area contributed by atoms with Crippen LogP contribution in [0.25, 0.3) is 0 Å². The van der Waals surface area contributed by atoms with Crippen molar-refractivity contribution >= 4 is 17.3 Å². The van der Waals surface area contributed by atoms with Gasteiger partial charge >= 0.3 is 0 Å². The van der Waals surface area contributed by atoms with Gasteiger partial charge in [0.2, 0.25) is 0 Å². The molecule has 0 aliphatic rings. The van der Waals surface area contributed by atoms with Crippen LogP contribution in [0.5, 0.6) is 0 Å². The van der Waals surface area contributed by atoms with Crippen molar-refractivity contribution in [3.63, 3.8) is 0 Å². The van der Waals surface area contributed by atoms with Gasteiger partial charge in [-0.1, -0.05) is 13.8 Å². The highest BCUT2D eigenvalue weighted by atomic mass is 16.3. The van der Waals surface area contributed by atoms with Gasteiger partial charge < -0.3 is 5.11 Å². The fraction of sp³-hybridized carbons (Fsp3) is 0.786. The predicted molar refractivity (Wildman–Crippen MR) is 69.2 cm³/mol. The van der Waals surface area contributed by atoms with E-state index >= 15 is 0 Å². The fourth-order valence-corrected chi connectivity index (χ4v) is 1.72. The summed E-state index contributed by atoms with van der Waals surface area (Å²) in [5.74, 6) is -0.671. The zero-order chi connectivity index (χ0) is 14.1. The second-order valence-corrected chi connectivity index (χ2v) is 4.94. The molecule has 0 aliphatic carbocycles. The molecule has 4 heteroatoms. The summed E-state index contributed by atoms with van der Waals surface area (Å²) in [6.07, 6.45) is 2.15. The molecule has 2 unspecified atom stereocenters. The van der Waals surface area contributed by atoms with Crippen molar-refractivity contribution in [2.24, 2.45) is 5.92 Å².